The van der Waals surface area contributed by atoms with Crippen LogP contribution >= 0.6 is 23.5 Å². The minimum atomic E-state index is -3.44. The molecule has 0 spiro atoms. The Hall–Kier alpha value is -0.310. The monoisotopic (exact) mass is 250 g/mol. The highest BCUT2D eigenvalue weighted by Crippen LogP contribution is 2.40. The Labute approximate surface area is 79.0 Å². The van der Waals surface area contributed by atoms with Crippen LogP contribution in [0.25, 0.3) is 0 Å². The van der Waals surface area contributed by atoms with Crippen molar-refractivity contribution in [2.75, 3.05) is 6.66 Å². The predicted octanol–water partition coefficient (Wildman–Crippen LogP) is 2.64. The maximum Gasteiger partial charge on any atom is 0.373 e. The first-order chi connectivity index (χ1) is 5.49. The Morgan fingerprint density at radius 1 is 1.50 bits per heavy atom. The van der Waals surface area contributed by atoms with E-state index >= 15 is 0 Å². The van der Waals surface area contributed by atoms with Crippen molar-refractivity contribution < 1.29 is 14.0 Å². The van der Waals surface area contributed by atoms with Crippen LogP contribution in [-0.4, -0.2) is 11.6 Å². The summed E-state index contributed by atoms with van der Waals surface area (Å²) in [6, 6.07) is 6.89. The highest BCUT2D eigenvalue weighted by molar-refractivity contribution is 9.10. The van der Waals surface area contributed by atoms with E-state index < -0.39 is 7.60 Å². The topological polar surface area (TPSA) is 46.5 Å². The Bertz CT molecular complexity index is 320. The van der Waals surface area contributed by atoms with Crippen molar-refractivity contribution in [1.29, 1.82) is 0 Å². The van der Waals surface area contributed by atoms with E-state index in [0.717, 1.165) is 6.66 Å². The van der Waals surface area contributed by atoms with E-state index in [4.69, 9.17) is 9.42 Å². The van der Waals surface area contributed by atoms with Crippen LogP contribution in [0.3, 0.4) is 0 Å². The van der Waals surface area contributed by atoms with Crippen molar-refractivity contribution in [2.45, 2.75) is 0 Å². The van der Waals surface area contributed by atoms with Gasteiger partial charge in [-0.25, -0.2) is 4.57 Å². The first kappa shape index (κ1) is 9.78. The van der Waals surface area contributed by atoms with Crippen LogP contribution in [0.1, 0.15) is 0 Å². The quantitative estimate of drug-likeness (QED) is 0.822. The van der Waals surface area contributed by atoms with Crippen molar-refractivity contribution in [1.82, 2.24) is 0 Å². The van der Waals surface area contributed by atoms with Crippen LogP contribution in [0.5, 0.6) is 5.75 Å². The Balaban J connectivity index is 2.90. The molecule has 0 fully saturated rings. The smallest absolute Gasteiger partial charge is 0.373 e. The van der Waals surface area contributed by atoms with E-state index in [-0.39, 0.29) is 0 Å². The van der Waals surface area contributed by atoms with Crippen molar-refractivity contribution >= 4 is 23.5 Å². The zero-order valence-corrected chi connectivity index (χ0v) is 8.88. The number of para-hydroxylation sites is 1. The van der Waals surface area contributed by atoms with Gasteiger partial charge in [0.15, 0.2) is 0 Å². The van der Waals surface area contributed by atoms with E-state index in [1.165, 1.54) is 0 Å². The summed E-state index contributed by atoms with van der Waals surface area (Å²) in [5.41, 5.74) is 0. The van der Waals surface area contributed by atoms with Crippen LogP contribution in [0, 0.1) is 0 Å². The third-order valence-electron chi connectivity index (χ3n) is 1.10. The second kappa shape index (κ2) is 3.60. The van der Waals surface area contributed by atoms with Gasteiger partial charge in [0.05, 0.1) is 4.47 Å². The molecule has 0 saturated heterocycles. The van der Waals surface area contributed by atoms with Gasteiger partial charge in [-0.2, -0.15) is 0 Å². The van der Waals surface area contributed by atoms with Gasteiger partial charge in [-0.05, 0) is 28.1 Å². The molecule has 1 atom stereocenters. The first-order valence-corrected chi connectivity index (χ1v) is 6.05. The summed E-state index contributed by atoms with van der Waals surface area (Å²) >= 11 is 3.19. The molecular formula is C7H8BrO3P. The van der Waals surface area contributed by atoms with Gasteiger partial charge in [0.2, 0.25) is 0 Å². The van der Waals surface area contributed by atoms with E-state index in [1.54, 1.807) is 24.3 Å². The van der Waals surface area contributed by atoms with E-state index in [9.17, 15) is 4.57 Å². The summed E-state index contributed by atoms with van der Waals surface area (Å²) in [6.07, 6.45) is 0. The predicted molar refractivity (Wildman–Crippen MR) is 50.5 cm³/mol. The van der Waals surface area contributed by atoms with Crippen LogP contribution in [0.15, 0.2) is 28.7 Å². The van der Waals surface area contributed by atoms with E-state index in [0.29, 0.717) is 10.2 Å². The number of rotatable bonds is 2. The van der Waals surface area contributed by atoms with E-state index in [1.807, 2.05) is 0 Å². The van der Waals surface area contributed by atoms with E-state index in [2.05, 4.69) is 15.9 Å². The van der Waals surface area contributed by atoms with Crippen molar-refractivity contribution in [2.24, 2.45) is 0 Å². The highest BCUT2D eigenvalue weighted by Gasteiger charge is 2.12. The lowest BCUT2D eigenvalue weighted by Gasteiger charge is -2.09. The van der Waals surface area contributed by atoms with Gasteiger partial charge in [-0.15, -0.1) is 0 Å². The van der Waals surface area contributed by atoms with Gasteiger partial charge < -0.3 is 9.42 Å². The minimum absolute atomic E-state index is 0.380. The molecule has 1 aromatic rings. The highest BCUT2D eigenvalue weighted by atomic mass is 79.9. The Morgan fingerprint density at radius 3 is 2.58 bits per heavy atom. The largest absolute Gasteiger partial charge is 0.423 e. The third kappa shape index (κ3) is 2.97. The fourth-order valence-corrected chi connectivity index (χ4v) is 1.72. The molecule has 3 nitrogen and oxygen atoms in total. The molecular weight excluding hydrogens is 243 g/mol. The van der Waals surface area contributed by atoms with Crippen LogP contribution in [0.4, 0.5) is 0 Å². The molecule has 0 amide bonds. The number of benzene rings is 1. The second-order valence-electron chi connectivity index (χ2n) is 2.32. The summed E-state index contributed by atoms with van der Waals surface area (Å²) in [5, 5.41) is 0. The SMILES string of the molecule is CP(=O)(O)Oc1ccccc1Br. The Morgan fingerprint density at radius 2 is 2.08 bits per heavy atom. The average Bonchev–Trinajstić information content (AvgIpc) is 1.91. The first-order valence-electron chi connectivity index (χ1n) is 3.23. The standard InChI is InChI=1S/C7H8BrO3P/c1-12(9,10)11-7-5-3-2-4-6(7)8/h2-5H,1H3,(H,9,10). The molecule has 0 heterocycles. The molecule has 5 heteroatoms. The molecule has 0 bridgehead atoms. The van der Waals surface area contributed by atoms with Crippen LogP contribution in [0.2, 0.25) is 0 Å². The summed E-state index contributed by atoms with van der Waals surface area (Å²) in [5.74, 6) is 0.380. The molecule has 0 saturated carbocycles. The normalized spacial score (nSPS) is 15.2. The van der Waals surface area contributed by atoms with Crippen molar-refractivity contribution in [3.05, 3.63) is 28.7 Å². The van der Waals surface area contributed by atoms with Gasteiger partial charge in [0.1, 0.15) is 5.75 Å². The maximum atomic E-state index is 10.8. The molecule has 1 N–H and O–H groups in total. The lowest BCUT2D eigenvalue weighted by atomic mass is 10.3. The molecule has 1 rings (SSSR count). The van der Waals surface area contributed by atoms with Gasteiger partial charge in [0, 0.05) is 6.66 Å². The molecule has 0 aliphatic carbocycles. The molecule has 0 aliphatic heterocycles. The zero-order valence-electron chi connectivity index (χ0n) is 6.40. The minimum Gasteiger partial charge on any atom is -0.423 e. The molecule has 0 aliphatic rings. The van der Waals surface area contributed by atoms with Crippen LogP contribution in [-0.2, 0) is 4.57 Å². The average molecular weight is 251 g/mol. The summed E-state index contributed by atoms with van der Waals surface area (Å²) in [6.45, 7) is 1.15. The molecule has 12 heavy (non-hydrogen) atoms. The number of hydrogen-bond acceptors (Lipinski definition) is 2. The zero-order chi connectivity index (χ0) is 9.19. The number of hydrogen-bond donors (Lipinski definition) is 1. The fraction of sp³-hybridized carbons (Fsp3) is 0.143. The molecule has 1 aromatic carbocycles. The lowest BCUT2D eigenvalue weighted by molar-refractivity contribution is 0.386. The summed E-state index contributed by atoms with van der Waals surface area (Å²) in [4.78, 5) is 8.91. The van der Waals surface area contributed by atoms with Gasteiger partial charge in [0.25, 0.3) is 0 Å². The molecule has 0 aromatic heterocycles. The second-order valence-corrected chi connectivity index (χ2v) is 4.97. The van der Waals surface area contributed by atoms with Crippen LogP contribution < -0.4 is 4.52 Å². The van der Waals surface area contributed by atoms with Gasteiger partial charge in [-0.3, -0.25) is 0 Å². The molecule has 1 unspecified atom stereocenters. The van der Waals surface area contributed by atoms with Crippen molar-refractivity contribution in [3.8, 4) is 5.75 Å². The van der Waals surface area contributed by atoms with Gasteiger partial charge >= 0.3 is 7.60 Å². The summed E-state index contributed by atoms with van der Waals surface area (Å²) < 4.78 is 16.3. The Kier molecular flexibility index (Phi) is 2.94. The maximum absolute atomic E-state index is 10.8. The molecule has 0 radical (unpaired) electrons. The van der Waals surface area contributed by atoms with Gasteiger partial charge in [-0.1, -0.05) is 12.1 Å². The lowest BCUT2D eigenvalue weighted by Crippen LogP contribution is -1.89. The third-order valence-corrected chi connectivity index (χ3v) is 2.29. The summed E-state index contributed by atoms with van der Waals surface area (Å²) in [7, 11) is -3.44. The number of halogens is 1. The molecule has 66 valence electrons. The van der Waals surface area contributed by atoms with Crippen molar-refractivity contribution in [3.63, 3.8) is 0 Å². The fourth-order valence-electron chi connectivity index (χ4n) is 0.701.